The fourth-order valence-electron chi connectivity index (χ4n) is 1.02. The molecule has 1 atom stereocenters. The Labute approximate surface area is 96.6 Å². The molecule has 6 heteroatoms. The average molecular weight is 245 g/mol. The number of carbonyl (C=O) groups is 2. The second-order valence-electron chi connectivity index (χ2n) is 3.22. The SMILES string of the molecule is CC(NC(=O)c1ccc(F)cc1Cl)C(N)=O. The number of primary amides is 1. The van der Waals surface area contributed by atoms with Gasteiger partial charge in [-0.3, -0.25) is 9.59 Å². The van der Waals surface area contributed by atoms with E-state index in [1.54, 1.807) is 0 Å². The Morgan fingerprint density at radius 3 is 2.62 bits per heavy atom. The van der Waals surface area contributed by atoms with Crippen molar-refractivity contribution in [2.75, 3.05) is 0 Å². The first kappa shape index (κ1) is 12.4. The van der Waals surface area contributed by atoms with Crippen molar-refractivity contribution in [3.63, 3.8) is 0 Å². The fourth-order valence-corrected chi connectivity index (χ4v) is 1.27. The molecule has 16 heavy (non-hydrogen) atoms. The Hall–Kier alpha value is -1.62. The van der Waals surface area contributed by atoms with Crippen LogP contribution in [-0.4, -0.2) is 17.9 Å². The van der Waals surface area contributed by atoms with Crippen LogP contribution in [0.5, 0.6) is 0 Å². The maximum absolute atomic E-state index is 12.7. The van der Waals surface area contributed by atoms with E-state index in [4.69, 9.17) is 17.3 Å². The predicted octanol–water partition coefficient (Wildman–Crippen LogP) is 1.08. The summed E-state index contributed by atoms with van der Waals surface area (Å²) in [5.74, 6) is -1.77. The van der Waals surface area contributed by atoms with Crippen molar-refractivity contribution in [2.45, 2.75) is 13.0 Å². The number of rotatable bonds is 3. The summed E-state index contributed by atoms with van der Waals surface area (Å²) in [6.45, 7) is 1.44. The average Bonchev–Trinajstić information content (AvgIpc) is 2.16. The highest BCUT2D eigenvalue weighted by molar-refractivity contribution is 6.33. The summed E-state index contributed by atoms with van der Waals surface area (Å²) < 4.78 is 12.7. The van der Waals surface area contributed by atoms with E-state index in [9.17, 15) is 14.0 Å². The van der Waals surface area contributed by atoms with Crippen LogP contribution in [0.3, 0.4) is 0 Å². The lowest BCUT2D eigenvalue weighted by atomic mass is 10.2. The van der Waals surface area contributed by atoms with Crippen LogP contribution in [0.25, 0.3) is 0 Å². The van der Waals surface area contributed by atoms with Gasteiger partial charge in [0, 0.05) is 0 Å². The van der Waals surface area contributed by atoms with Crippen molar-refractivity contribution in [3.8, 4) is 0 Å². The van der Waals surface area contributed by atoms with Crippen LogP contribution in [-0.2, 0) is 4.79 Å². The molecule has 3 N–H and O–H groups in total. The molecule has 0 radical (unpaired) electrons. The standard InChI is InChI=1S/C10H10ClFN2O2/c1-5(9(13)15)14-10(16)7-3-2-6(12)4-8(7)11/h2-5H,1H3,(H2,13,15)(H,14,16). The molecule has 0 saturated carbocycles. The Bertz CT molecular complexity index is 437. The Morgan fingerprint density at radius 2 is 2.12 bits per heavy atom. The van der Waals surface area contributed by atoms with E-state index < -0.39 is 23.7 Å². The van der Waals surface area contributed by atoms with Crippen molar-refractivity contribution in [1.29, 1.82) is 0 Å². The largest absolute Gasteiger partial charge is 0.368 e. The van der Waals surface area contributed by atoms with E-state index in [0.717, 1.165) is 12.1 Å². The van der Waals surface area contributed by atoms with Gasteiger partial charge in [0.1, 0.15) is 11.9 Å². The second-order valence-corrected chi connectivity index (χ2v) is 3.63. The maximum Gasteiger partial charge on any atom is 0.253 e. The predicted molar refractivity (Wildman–Crippen MR) is 57.5 cm³/mol. The molecule has 0 spiro atoms. The number of hydrogen-bond acceptors (Lipinski definition) is 2. The van der Waals surface area contributed by atoms with Crippen molar-refractivity contribution in [3.05, 3.63) is 34.6 Å². The van der Waals surface area contributed by atoms with E-state index in [-0.39, 0.29) is 10.6 Å². The van der Waals surface area contributed by atoms with Crippen LogP contribution in [0.15, 0.2) is 18.2 Å². The number of hydrogen-bond donors (Lipinski definition) is 2. The van der Waals surface area contributed by atoms with Crippen LogP contribution < -0.4 is 11.1 Å². The van der Waals surface area contributed by atoms with Gasteiger partial charge in [-0.15, -0.1) is 0 Å². The van der Waals surface area contributed by atoms with Gasteiger partial charge in [-0.25, -0.2) is 4.39 Å². The molecule has 86 valence electrons. The summed E-state index contributed by atoms with van der Waals surface area (Å²) >= 11 is 5.67. The van der Waals surface area contributed by atoms with Gasteiger partial charge >= 0.3 is 0 Å². The minimum atomic E-state index is -0.811. The molecule has 1 rings (SSSR count). The first-order valence-corrected chi connectivity index (χ1v) is 4.85. The quantitative estimate of drug-likeness (QED) is 0.835. The third kappa shape index (κ3) is 2.93. The van der Waals surface area contributed by atoms with Crippen LogP contribution in [0.2, 0.25) is 5.02 Å². The fraction of sp³-hybridized carbons (Fsp3) is 0.200. The van der Waals surface area contributed by atoms with Crippen LogP contribution in [0.4, 0.5) is 4.39 Å². The third-order valence-corrected chi connectivity index (χ3v) is 2.26. The lowest BCUT2D eigenvalue weighted by molar-refractivity contribution is -0.119. The zero-order valence-corrected chi connectivity index (χ0v) is 9.22. The smallest absolute Gasteiger partial charge is 0.253 e. The number of carbonyl (C=O) groups excluding carboxylic acids is 2. The molecule has 1 aromatic carbocycles. The summed E-state index contributed by atoms with van der Waals surface area (Å²) in [7, 11) is 0. The number of halogens is 2. The van der Waals surface area contributed by atoms with Crippen LogP contribution in [0, 0.1) is 5.82 Å². The number of benzene rings is 1. The Balaban J connectivity index is 2.85. The molecule has 0 aliphatic carbocycles. The molecule has 4 nitrogen and oxygen atoms in total. The van der Waals surface area contributed by atoms with E-state index in [1.165, 1.54) is 13.0 Å². The second kappa shape index (κ2) is 4.94. The molecule has 1 aromatic rings. The Kier molecular flexibility index (Phi) is 3.84. The summed E-state index contributed by atoms with van der Waals surface area (Å²) in [6.07, 6.45) is 0. The van der Waals surface area contributed by atoms with Gasteiger partial charge in [-0.1, -0.05) is 11.6 Å². The normalized spacial score (nSPS) is 11.9. The van der Waals surface area contributed by atoms with Crippen molar-refractivity contribution in [2.24, 2.45) is 5.73 Å². The van der Waals surface area contributed by atoms with Crippen LogP contribution in [0.1, 0.15) is 17.3 Å². The van der Waals surface area contributed by atoms with Gasteiger partial charge in [-0.05, 0) is 25.1 Å². The summed E-state index contributed by atoms with van der Waals surface area (Å²) in [5, 5.41) is 2.32. The molecule has 0 heterocycles. The Morgan fingerprint density at radius 1 is 1.50 bits per heavy atom. The molecule has 0 saturated heterocycles. The van der Waals surface area contributed by atoms with E-state index in [2.05, 4.69) is 5.32 Å². The molecule has 0 aliphatic heterocycles. The van der Waals surface area contributed by atoms with E-state index in [1.807, 2.05) is 0 Å². The molecule has 0 aromatic heterocycles. The third-order valence-electron chi connectivity index (χ3n) is 1.95. The molecule has 0 aliphatic rings. The molecular weight excluding hydrogens is 235 g/mol. The van der Waals surface area contributed by atoms with Crippen LogP contribution >= 0.6 is 11.6 Å². The number of nitrogens with two attached hydrogens (primary N) is 1. The summed E-state index contributed by atoms with van der Waals surface area (Å²) in [4.78, 5) is 22.3. The zero-order chi connectivity index (χ0) is 12.3. The topological polar surface area (TPSA) is 72.2 Å². The lowest BCUT2D eigenvalue weighted by Gasteiger charge is -2.10. The highest BCUT2D eigenvalue weighted by Crippen LogP contribution is 2.17. The molecule has 0 fully saturated rings. The van der Waals surface area contributed by atoms with Gasteiger partial charge in [0.25, 0.3) is 5.91 Å². The first-order chi connectivity index (χ1) is 7.41. The minimum Gasteiger partial charge on any atom is -0.368 e. The van der Waals surface area contributed by atoms with Gasteiger partial charge in [-0.2, -0.15) is 0 Å². The van der Waals surface area contributed by atoms with Crippen molar-refractivity contribution >= 4 is 23.4 Å². The lowest BCUT2D eigenvalue weighted by Crippen LogP contribution is -2.42. The number of nitrogens with one attached hydrogen (secondary N) is 1. The molecule has 1 unspecified atom stereocenters. The van der Waals surface area contributed by atoms with Gasteiger partial charge in [0.2, 0.25) is 5.91 Å². The zero-order valence-electron chi connectivity index (χ0n) is 8.46. The molecule has 2 amide bonds. The van der Waals surface area contributed by atoms with E-state index in [0.29, 0.717) is 0 Å². The van der Waals surface area contributed by atoms with Crippen molar-refractivity contribution < 1.29 is 14.0 Å². The highest BCUT2D eigenvalue weighted by atomic mass is 35.5. The van der Waals surface area contributed by atoms with Gasteiger partial charge < -0.3 is 11.1 Å². The first-order valence-electron chi connectivity index (χ1n) is 4.47. The minimum absolute atomic E-state index is 0.0193. The summed E-state index contributed by atoms with van der Waals surface area (Å²) in [6, 6.07) is 2.55. The highest BCUT2D eigenvalue weighted by Gasteiger charge is 2.16. The summed E-state index contributed by atoms with van der Waals surface area (Å²) in [5.41, 5.74) is 5.07. The van der Waals surface area contributed by atoms with E-state index >= 15 is 0 Å². The number of amides is 2. The van der Waals surface area contributed by atoms with Crippen molar-refractivity contribution in [1.82, 2.24) is 5.32 Å². The van der Waals surface area contributed by atoms with Gasteiger partial charge in [0.15, 0.2) is 0 Å². The molecular formula is C10H10ClFN2O2. The molecule has 0 bridgehead atoms. The van der Waals surface area contributed by atoms with Gasteiger partial charge in [0.05, 0.1) is 10.6 Å². The monoisotopic (exact) mass is 244 g/mol. The maximum atomic E-state index is 12.7.